The number of hydrogen-bond donors (Lipinski definition) is 1. The van der Waals surface area contributed by atoms with Gasteiger partial charge < -0.3 is 9.84 Å². The smallest absolute Gasteiger partial charge is 0.151 e. The molecular weight excluding hydrogens is 262 g/mol. The van der Waals surface area contributed by atoms with Gasteiger partial charge in [0.2, 0.25) is 0 Å². The number of rotatable bonds is 5. The van der Waals surface area contributed by atoms with Crippen LogP contribution in [0.2, 0.25) is 0 Å². The van der Waals surface area contributed by atoms with Crippen LogP contribution in [0.5, 0.6) is 0 Å². The van der Waals surface area contributed by atoms with Crippen molar-refractivity contribution >= 4 is 0 Å². The number of likely N-dealkylation sites (tertiary alicyclic amines) is 1. The number of piperidine rings is 1. The molecule has 1 aromatic heterocycles. The molecule has 0 spiro atoms. The predicted molar refractivity (Wildman–Crippen MR) is 83.9 cm³/mol. The molecule has 0 radical (unpaired) electrons. The van der Waals surface area contributed by atoms with Crippen molar-refractivity contribution < 1.29 is 4.52 Å². The van der Waals surface area contributed by atoms with Gasteiger partial charge in [-0.15, -0.1) is 0 Å². The van der Waals surface area contributed by atoms with E-state index in [1.807, 2.05) is 0 Å². The molecule has 2 fully saturated rings. The van der Waals surface area contributed by atoms with Crippen molar-refractivity contribution in [3.05, 3.63) is 17.5 Å². The van der Waals surface area contributed by atoms with Crippen molar-refractivity contribution in [2.24, 2.45) is 5.92 Å². The Bertz CT molecular complexity index is 441. The second-order valence-electron chi connectivity index (χ2n) is 7.04. The van der Waals surface area contributed by atoms with Crippen LogP contribution in [0.15, 0.2) is 10.6 Å². The Balaban J connectivity index is 1.57. The number of fused-ring (bicyclic) bond motifs is 1. The Labute approximate surface area is 128 Å². The van der Waals surface area contributed by atoms with Crippen LogP contribution in [0.1, 0.15) is 63.8 Å². The van der Waals surface area contributed by atoms with Crippen LogP contribution in [-0.4, -0.2) is 28.7 Å². The number of nitrogens with zero attached hydrogens (tertiary/aromatic N) is 2. The monoisotopic (exact) mass is 291 g/mol. The second-order valence-corrected chi connectivity index (χ2v) is 7.04. The first-order valence-electron chi connectivity index (χ1n) is 8.64. The maximum atomic E-state index is 5.55. The minimum absolute atomic E-state index is 0.482. The van der Waals surface area contributed by atoms with Crippen LogP contribution in [0.4, 0.5) is 0 Å². The fraction of sp³-hybridized carbons (Fsp3) is 0.824. The van der Waals surface area contributed by atoms with Crippen molar-refractivity contribution in [3.8, 4) is 0 Å². The summed E-state index contributed by atoms with van der Waals surface area (Å²) in [7, 11) is 0. The molecule has 4 heteroatoms. The molecule has 1 aromatic rings. The summed E-state index contributed by atoms with van der Waals surface area (Å²) >= 11 is 0. The molecule has 1 aliphatic heterocycles. The van der Waals surface area contributed by atoms with Gasteiger partial charge in [-0.25, -0.2) is 0 Å². The van der Waals surface area contributed by atoms with Gasteiger partial charge in [-0.3, -0.25) is 4.90 Å². The lowest BCUT2D eigenvalue weighted by Gasteiger charge is -2.43. The molecule has 0 aromatic carbocycles. The average Bonchev–Trinajstić information content (AvgIpc) is 2.93. The minimum Gasteiger partial charge on any atom is -0.360 e. The van der Waals surface area contributed by atoms with Crippen molar-refractivity contribution in [3.63, 3.8) is 0 Å². The fourth-order valence-corrected chi connectivity index (χ4v) is 3.95. The third-order valence-corrected chi connectivity index (χ3v) is 5.02. The van der Waals surface area contributed by atoms with Gasteiger partial charge in [0.1, 0.15) is 0 Å². The van der Waals surface area contributed by atoms with E-state index in [1.165, 1.54) is 45.1 Å². The van der Waals surface area contributed by atoms with Crippen LogP contribution < -0.4 is 5.32 Å². The summed E-state index contributed by atoms with van der Waals surface area (Å²) in [5, 5.41) is 7.58. The third-order valence-electron chi connectivity index (χ3n) is 5.02. The molecule has 1 saturated carbocycles. The summed E-state index contributed by atoms with van der Waals surface area (Å²) in [6.07, 6.45) is 8.42. The van der Waals surface area contributed by atoms with Crippen molar-refractivity contribution in [2.45, 2.75) is 77.5 Å². The van der Waals surface area contributed by atoms with Crippen LogP contribution >= 0.6 is 0 Å². The van der Waals surface area contributed by atoms with E-state index >= 15 is 0 Å². The molecule has 0 amide bonds. The lowest BCUT2D eigenvalue weighted by molar-refractivity contribution is 0.0479. The Kier molecular flexibility index (Phi) is 4.96. The van der Waals surface area contributed by atoms with Gasteiger partial charge >= 0.3 is 0 Å². The molecule has 1 saturated heterocycles. The first-order valence-corrected chi connectivity index (χ1v) is 8.64. The van der Waals surface area contributed by atoms with E-state index in [4.69, 9.17) is 4.52 Å². The molecule has 1 aliphatic carbocycles. The van der Waals surface area contributed by atoms with Crippen LogP contribution in [0.25, 0.3) is 0 Å². The van der Waals surface area contributed by atoms with E-state index in [1.54, 1.807) is 0 Å². The molecule has 118 valence electrons. The maximum absolute atomic E-state index is 5.55. The zero-order valence-corrected chi connectivity index (χ0v) is 13.5. The molecule has 21 heavy (non-hydrogen) atoms. The highest BCUT2D eigenvalue weighted by molar-refractivity contribution is 5.06. The molecule has 4 nitrogen and oxygen atoms in total. The molecular formula is C17H29N3O. The molecule has 2 heterocycles. The van der Waals surface area contributed by atoms with Crippen LogP contribution in [-0.2, 0) is 13.1 Å². The highest BCUT2D eigenvalue weighted by Crippen LogP contribution is 2.35. The van der Waals surface area contributed by atoms with E-state index in [-0.39, 0.29) is 0 Å². The number of nitrogens with one attached hydrogen (secondary N) is 1. The number of hydrogen-bond acceptors (Lipinski definition) is 4. The maximum Gasteiger partial charge on any atom is 0.151 e. The van der Waals surface area contributed by atoms with Crippen molar-refractivity contribution in [1.82, 2.24) is 15.4 Å². The van der Waals surface area contributed by atoms with E-state index in [0.29, 0.717) is 6.04 Å². The number of aromatic nitrogens is 1. The fourth-order valence-electron chi connectivity index (χ4n) is 3.95. The largest absolute Gasteiger partial charge is 0.360 e. The van der Waals surface area contributed by atoms with Crippen LogP contribution in [0, 0.1) is 5.92 Å². The second kappa shape index (κ2) is 6.93. The summed E-state index contributed by atoms with van der Waals surface area (Å²) in [5.41, 5.74) is 1.02. The topological polar surface area (TPSA) is 41.3 Å². The SMILES string of the molecule is CC(C)NCc1cc(CN2CCC[C@H]3CCCC[C@H]32)on1. The van der Waals surface area contributed by atoms with Crippen molar-refractivity contribution in [2.75, 3.05) is 6.54 Å². The standard InChI is InChI=1S/C17H29N3O/c1-13(2)18-11-15-10-16(21-19-15)12-20-9-5-7-14-6-3-4-8-17(14)20/h10,13-14,17-18H,3-9,11-12H2,1-2H3/t14-,17-/m1/s1. The highest BCUT2D eigenvalue weighted by atomic mass is 16.5. The summed E-state index contributed by atoms with van der Waals surface area (Å²) in [5.74, 6) is 1.96. The highest BCUT2D eigenvalue weighted by Gasteiger charge is 2.33. The van der Waals surface area contributed by atoms with Gasteiger partial charge in [-0.2, -0.15) is 0 Å². The minimum atomic E-state index is 0.482. The Morgan fingerprint density at radius 2 is 2.10 bits per heavy atom. The lowest BCUT2D eigenvalue weighted by atomic mass is 9.78. The summed E-state index contributed by atoms with van der Waals surface area (Å²) in [6, 6.07) is 3.40. The quantitative estimate of drug-likeness (QED) is 0.903. The Morgan fingerprint density at radius 3 is 2.95 bits per heavy atom. The molecule has 2 aliphatic rings. The zero-order valence-electron chi connectivity index (χ0n) is 13.5. The van der Waals surface area contributed by atoms with E-state index < -0.39 is 0 Å². The van der Waals surface area contributed by atoms with Gasteiger partial charge in [0.25, 0.3) is 0 Å². The first-order chi connectivity index (χ1) is 10.2. The van der Waals surface area contributed by atoms with Gasteiger partial charge in [-0.1, -0.05) is 31.8 Å². The van der Waals surface area contributed by atoms with E-state index in [9.17, 15) is 0 Å². The van der Waals surface area contributed by atoms with Crippen molar-refractivity contribution in [1.29, 1.82) is 0 Å². The summed E-state index contributed by atoms with van der Waals surface area (Å²) in [6.45, 7) is 7.26. The Hall–Kier alpha value is -0.870. The average molecular weight is 291 g/mol. The Morgan fingerprint density at radius 1 is 1.29 bits per heavy atom. The van der Waals surface area contributed by atoms with Crippen LogP contribution in [0.3, 0.4) is 0 Å². The normalized spacial score (nSPS) is 27.0. The first kappa shape index (κ1) is 15.0. The van der Waals surface area contributed by atoms with Gasteiger partial charge in [0.15, 0.2) is 5.76 Å². The molecule has 0 bridgehead atoms. The molecule has 0 unspecified atom stereocenters. The third kappa shape index (κ3) is 3.86. The zero-order chi connectivity index (χ0) is 14.7. The molecule has 3 rings (SSSR count). The molecule has 2 atom stereocenters. The lowest BCUT2D eigenvalue weighted by Crippen LogP contribution is -2.46. The van der Waals surface area contributed by atoms with Gasteiger partial charge in [-0.05, 0) is 38.1 Å². The predicted octanol–water partition coefficient (Wildman–Crippen LogP) is 3.33. The molecule has 1 N–H and O–H groups in total. The summed E-state index contributed by atoms with van der Waals surface area (Å²) in [4.78, 5) is 2.65. The van der Waals surface area contributed by atoms with E-state index in [0.717, 1.165) is 36.5 Å². The van der Waals surface area contributed by atoms with Gasteiger partial charge in [0, 0.05) is 24.7 Å². The summed E-state index contributed by atoms with van der Waals surface area (Å²) < 4.78 is 5.55. The van der Waals surface area contributed by atoms with Gasteiger partial charge in [0.05, 0.1) is 12.2 Å². The van der Waals surface area contributed by atoms with E-state index in [2.05, 4.69) is 35.3 Å².